The molecule has 1 aromatic carbocycles. The number of nitrogens with one attached hydrogen (secondary N) is 1. The number of carbonyl (C=O) groups is 1. The molecule has 1 heterocycles. The number of amides is 1. The topological polar surface area (TPSA) is 87.7 Å². The molecule has 130 valence electrons. The fourth-order valence-electron chi connectivity index (χ4n) is 2.11. The maximum Gasteiger partial charge on any atom is 0.274 e. The molecular formula is C16H20ClN3O4. The molecule has 0 unspecified atom stereocenters. The molecule has 0 atom stereocenters. The van der Waals surface area contributed by atoms with Crippen molar-refractivity contribution in [1.82, 2.24) is 15.1 Å². The van der Waals surface area contributed by atoms with Crippen LogP contribution < -0.4 is 9.47 Å². The van der Waals surface area contributed by atoms with Gasteiger partial charge in [-0.3, -0.25) is 9.89 Å². The minimum Gasteiger partial charge on any atom is -0.497 e. The summed E-state index contributed by atoms with van der Waals surface area (Å²) in [6, 6.07) is 6.74. The van der Waals surface area contributed by atoms with E-state index in [1.54, 1.807) is 31.4 Å². The summed E-state index contributed by atoms with van der Waals surface area (Å²) in [5, 5.41) is 16.2. The van der Waals surface area contributed by atoms with Crippen LogP contribution in [0.4, 0.5) is 0 Å². The standard InChI is InChI=1S/C16H20ClN3O4/c1-3-20(6-7-21)16(22)14-8-11(18-19-14)10-24-15-5-4-12(23-2)9-13(15)17/h4-5,8-9,21H,3,6-7,10H2,1-2H3,(H,18,19). The number of halogens is 1. The highest BCUT2D eigenvalue weighted by Crippen LogP contribution is 2.29. The first-order valence-corrected chi connectivity index (χ1v) is 7.87. The molecule has 7 nitrogen and oxygen atoms in total. The first-order chi connectivity index (χ1) is 11.6. The molecule has 0 aliphatic carbocycles. The van der Waals surface area contributed by atoms with Gasteiger partial charge in [-0.15, -0.1) is 0 Å². The summed E-state index contributed by atoms with van der Waals surface area (Å²) in [7, 11) is 1.56. The monoisotopic (exact) mass is 353 g/mol. The summed E-state index contributed by atoms with van der Waals surface area (Å²) in [6.45, 7) is 2.72. The van der Waals surface area contributed by atoms with Gasteiger partial charge < -0.3 is 19.5 Å². The SMILES string of the molecule is CCN(CCO)C(=O)c1cc(COc2ccc(OC)cc2Cl)[nH]n1. The molecule has 24 heavy (non-hydrogen) atoms. The number of hydrogen-bond donors (Lipinski definition) is 2. The number of aromatic nitrogens is 2. The zero-order valence-electron chi connectivity index (χ0n) is 13.6. The quantitative estimate of drug-likeness (QED) is 0.758. The molecule has 2 aromatic rings. The molecule has 1 aromatic heterocycles. The number of likely N-dealkylation sites (N-methyl/N-ethyl adjacent to an activating group) is 1. The van der Waals surface area contributed by atoms with E-state index < -0.39 is 0 Å². The second kappa shape index (κ2) is 8.56. The van der Waals surface area contributed by atoms with Crippen LogP contribution in [0, 0.1) is 0 Å². The lowest BCUT2D eigenvalue weighted by atomic mass is 10.3. The third kappa shape index (κ3) is 4.39. The molecule has 1 amide bonds. The van der Waals surface area contributed by atoms with Crippen LogP contribution in [-0.4, -0.2) is 52.9 Å². The number of aliphatic hydroxyl groups excluding tert-OH is 1. The molecule has 0 aliphatic heterocycles. The van der Waals surface area contributed by atoms with Crippen molar-refractivity contribution in [3.63, 3.8) is 0 Å². The lowest BCUT2D eigenvalue weighted by molar-refractivity contribution is 0.0726. The van der Waals surface area contributed by atoms with Gasteiger partial charge in [0.05, 0.1) is 24.4 Å². The van der Waals surface area contributed by atoms with Crippen molar-refractivity contribution in [2.24, 2.45) is 0 Å². The molecule has 0 fully saturated rings. The van der Waals surface area contributed by atoms with E-state index in [9.17, 15) is 4.79 Å². The first-order valence-electron chi connectivity index (χ1n) is 7.49. The minimum atomic E-state index is -0.239. The molecule has 2 N–H and O–H groups in total. The van der Waals surface area contributed by atoms with Gasteiger partial charge in [0.2, 0.25) is 0 Å². The van der Waals surface area contributed by atoms with Crippen LogP contribution in [0.25, 0.3) is 0 Å². The highest BCUT2D eigenvalue weighted by Gasteiger charge is 2.17. The molecule has 0 saturated carbocycles. The predicted octanol–water partition coefficient (Wildman–Crippen LogP) is 2.11. The van der Waals surface area contributed by atoms with Crippen molar-refractivity contribution < 1.29 is 19.4 Å². The maximum absolute atomic E-state index is 12.2. The van der Waals surface area contributed by atoms with Crippen molar-refractivity contribution in [1.29, 1.82) is 0 Å². The van der Waals surface area contributed by atoms with Crippen LogP contribution in [0.1, 0.15) is 23.1 Å². The van der Waals surface area contributed by atoms with E-state index in [0.717, 1.165) is 0 Å². The third-order valence-electron chi connectivity index (χ3n) is 3.41. The highest BCUT2D eigenvalue weighted by molar-refractivity contribution is 6.32. The lowest BCUT2D eigenvalue weighted by Gasteiger charge is -2.17. The number of carbonyl (C=O) groups excluding carboxylic acids is 1. The molecule has 0 saturated heterocycles. The molecule has 0 aliphatic rings. The van der Waals surface area contributed by atoms with Gasteiger partial charge in [-0.1, -0.05) is 11.6 Å². The molecular weight excluding hydrogens is 334 g/mol. The number of hydrogen-bond acceptors (Lipinski definition) is 5. The molecule has 2 rings (SSSR count). The van der Waals surface area contributed by atoms with Crippen LogP contribution in [0.5, 0.6) is 11.5 Å². The predicted molar refractivity (Wildman–Crippen MR) is 89.6 cm³/mol. The Morgan fingerprint density at radius 3 is 2.83 bits per heavy atom. The van der Waals surface area contributed by atoms with E-state index in [4.69, 9.17) is 26.2 Å². The number of benzene rings is 1. The molecule has 0 spiro atoms. The summed E-state index contributed by atoms with van der Waals surface area (Å²) in [5.74, 6) is 0.914. The smallest absolute Gasteiger partial charge is 0.274 e. The summed E-state index contributed by atoms with van der Waals surface area (Å²) in [4.78, 5) is 13.7. The first kappa shape index (κ1) is 18.1. The second-order valence-corrected chi connectivity index (χ2v) is 5.38. The van der Waals surface area contributed by atoms with Gasteiger partial charge in [-0.2, -0.15) is 5.10 Å². The average Bonchev–Trinajstić information content (AvgIpc) is 3.06. The van der Waals surface area contributed by atoms with E-state index in [0.29, 0.717) is 28.8 Å². The van der Waals surface area contributed by atoms with Crippen LogP contribution in [0.2, 0.25) is 5.02 Å². The summed E-state index contributed by atoms with van der Waals surface area (Å²) < 4.78 is 10.7. The Balaban J connectivity index is 2.00. The summed E-state index contributed by atoms with van der Waals surface area (Å²) in [6.07, 6.45) is 0. The second-order valence-electron chi connectivity index (χ2n) is 4.97. The van der Waals surface area contributed by atoms with Crippen LogP contribution >= 0.6 is 11.6 Å². The Labute approximate surface area is 145 Å². The number of H-pyrrole nitrogens is 1. The largest absolute Gasteiger partial charge is 0.497 e. The van der Waals surface area contributed by atoms with Gasteiger partial charge in [0.1, 0.15) is 18.1 Å². The molecule has 0 bridgehead atoms. The van der Waals surface area contributed by atoms with Gasteiger partial charge in [-0.25, -0.2) is 0 Å². The fourth-order valence-corrected chi connectivity index (χ4v) is 2.34. The van der Waals surface area contributed by atoms with Crippen LogP contribution in [0.3, 0.4) is 0 Å². The highest BCUT2D eigenvalue weighted by atomic mass is 35.5. The maximum atomic E-state index is 12.2. The van der Waals surface area contributed by atoms with Gasteiger partial charge in [0, 0.05) is 19.2 Å². The number of aliphatic hydroxyl groups is 1. The normalized spacial score (nSPS) is 10.5. The molecule has 0 radical (unpaired) electrons. The zero-order valence-corrected chi connectivity index (χ0v) is 14.3. The number of nitrogens with zero attached hydrogens (tertiary/aromatic N) is 2. The van der Waals surface area contributed by atoms with Crippen LogP contribution in [0.15, 0.2) is 24.3 Å². The Hall–Kier alpha value is -2.25. The van der Waals surface area contributed by atoms with Crippen molar-refractivity contribution in [2.75, 3.05) is 26.8 Å². The number of aromatic amines is 1. The van der Waals surface area contributed by atoms with Crippen LogP contribution in [-0.2, 0) is 6.61 Å². The average molecular weight is 354 g/mol. The third-order valence-corrected chi connectivity index (χ3v) is 3.71. The van der Waals surface area contributed by atoms with Gasteiger partial charge in [-0.05, 0) is 25.1 Å². The van der Waals surface area contributed by atoms with E-state index in [1.165, 1.54) is 4.90 Å². The Kier molecular flexibility index (Phi) is 6.45. The van der Waals surface area contributed by atoms with Gasteiger partial charge >= 0.3 is 0 Å². The minimum absolute atomic E-state index is 0.0874. The van der Waals surface area contributed by atoms with E-state index in [1.807, 2.05) is 6.92 Å². The molecule has 8 heteroatoms. The number of rotatable bonds is 8. The lowest BCUT2D eigenvalue weighted by Crippen LogP contribution is -2.33. The number of methoxy groups -OCH3 is 1. The Morgan fingerprint density at radius 2 is 2.21 bits per heavy atom. The van der Waals surface area contributed by atoms with Crippen molar-refractivity contribution in [2.45, 2.75) is 13.5 Å². The van der Waals surface area contributed by atoms with E-state index >= 15 is 0 Å². The summed E-state index contributed by atoms with van der Waals surface area (Å²) >= 11 is 6.11. The van der Waals surface area contributed by atoms with Crippen molar-refractivity contribution in [3.05, 3.63) is 40.7 Å². The number of ether oxygens (including phenoxy) is 2. The fraction of sp³-hybridized carbons (Fsp3) is 0.375. The van der Waals surface area contributed by atoms with Crippen molar-refractivity contribution in [3.8, 4) is 11.5 Å². The Morgan fingerprint density at radius 1 is 1.42 bits per heavy atom. The van der Waals surface area contributed by atoms with Gasteiger partial charge in [0.25, 0.3) is 5.91 Å². The van der Waals surface area contributed by atoms with E-state index in [2.05, 4.69) is 10.2 Å². The van der Waals surface area contributed by atoms with Gasteiger partial charge in [0.15, 0.2) is 5.69 Å². The zero-order chi connectivity index (χ0) is 17.5. The Bertz CT molecular complexity index is 690. The summed E-state index contributed by atoms with van der Waals surface area (Å²) in [5.41, 5.74) is 0.926. The van der Waals surface area contributed by atoms with E-state index in [-0.39, 0.29) is 31.4 Å². The van der Waals surface area contributed by atoms with Crippen molar-refractivity contribution >= 4 is 17.5 Å².